The van der Waals surface area contributed by atoms with E-state index in [0.717, 1.165) is 34.9 Å². The fourth-order valence-corrected chi connectivity index (χ4v) is 4.32. The second-order valence-corrected chi connectivity index (χ2v) is 7.23. The highest BCUT2D eigenvalue weighted by atomic mass is 16.5. The zero-order chi connectivity index (χ0) is 15.0. The Morgan fingerprint density at radius 1 is 1.14 bits per heavy atom. The Hall–Kier alpha value is -1.38. The minimum absolute atomic E-state index is 0.169. The molecule has 4 atom stereocenters. The van der Waals surface area contributed by atoms with Crippen LogP contribution >= 0.6 is 0 Å². The normalized spacial score (nSPS) is 28.9. The van der Waals surface area contributed by atoms with Crippen LogP contribution < -0.4 is 15.8 Å². The molecule has 0 radical (unpaired) electrons. The van der Waals surface area contributed by atoms with Crippen LogP contribution in [0.15, 0.2) is 18.2 Å². The van der Waals surface area contributed by atoms with Crippen molar-refractivity contribution in [3.63, 3.8) is 0 Å². The molecule has 3 rings (SSSR count). The molecule has 0 heterocycles. The number of nitrogens with one attached hydrogen (secondary N) is 1. The van der Waals surface area contributed by atoms with Crippen molar-refractivity contribution in [3.05, 3.63) is 18.2 Å². The average Bonchev–Trinajstić information content (AvgIpc) is 2.99. The van der Waals surface area contributed by atoms with Crippen molar-refractivity contribution < 1.29 is 4.74 Å². The van der Waals surface area contributed by atoms with Gasteiger partial charge in [0.25, 0.3) is 0 Å². The third-order valence-corrected chi connectivity index (χ3v) is 5.13. The van der Waals surface area contributed by atoms with Gasteiger partial charge >= 0.3 is 0 Å². The van der Waals surface area contributed by atoms with Gasteiger partial charge in [0, 0.05) is 29.5 Å². The first-order valence-electron chi connectivity index (χ1n) is 8.35. The molecule has 116 valence electrons. The lowest BCUT2D eigenvalue weighted by atomic mass is 9.84. The predicted octanol–water partition coefficient (Wildman–Crippen LogP) is 4.29. The van der Waals surface area contributed by atoms with Crippen molar-refractivity contribution in [3.8, 4) is 5.75 Å². The minimum Gasteiger partial charge on any atom is -0.491 e. The Labute approximate surface area is 128 Å². The van der Waals surface area contributed by atoms with E-state index in [0.29, 0.717) is 6.04 Å². The van der Waals surface area contributed by atoms with Crippen molar-refractivity contribution in [1.29, 1.82) is 0 Å². The van der Waals surface area contributed by atoms with Gasteiger partial charge in [0.15, 0.2) is 0 Å². The Morgan fingerprint density at radius 2 is 1.95 bits per heavy atom. The van der Waals surface area contributed by atoms with Gasteiger partial charge in [-0.1, -0.05) is 6.42 Å². The average molecular weight is 288 g/mol. The van der Waals surface area contributed by atoms with Crippen LogP contribution in [0.4, 0.5) is 11.4 Å². The summed E-state index contributed by atoms with van der Waals surface area (Å²) in [6.45, 7) is 6.39. The van der Waals surface area contributed by atoms with Crippen molar-refractivity contribution in [2.24, 2.45) is 17.8 Å². The van der Waals surface area contributed by atoms with E-state index in [-0.39, 0.29) is 6.10 Å². The standard InChI is InChI=1S/C18H28N2O/c1-11(2)21-17-9-15(19)8-16(10-17)20-12(3)18-7-13-4-5-14(18)6-13/h8-14,18,20H,4-7,19H2,1-3H3. The summed E-state index contributed by atoms with van der Waals surface area (Å²) >= 11 is 0. The van der Waals surface area contributed by atoms with E-state index in [1.165, 1.54) is 25.7 Å². The molecule has 0 spiro atoms. The van der Waals surface area contributed by atoms with Crippen molar-refractivity contribution in [2.75, 3.05) is 11.1 Å². The summed E-state index contributed by atoms with van der Waals surface area (Å²) in [5, 5.41) is 3.66. The van der Waals surface area contributed by atoms with Crippen LogP contribution in [0.25, 0.3) is 0 Å². The lowest BCUT2D eigenvalue weighted by molar-refractivity contribution is 0.242. The maximum absolute atomic E-state index is 6.00. The fourth-order valence-electron chi connectivity index (χ4n) is 4.32. The smallest absolute Gasteiger partial charge is 0.123 e. The Morgan fingerprint density at radius 3 is 2.57 bits per heavy atom. The largest absolute Gasteiger partial charge is 0.491 e. The summed E-state index contributed by atoms with van der Waals surface area (Å²) < 4.78 is 5.77. The highest BCUT2D eigenvalue weighted by Gasteiger charge is 2.41. The number of fused-ring (bicyclic) bond motifs is 2. The molecule has 1 aromatic rings. The molecule has 2 aliphatic carbocycles. The van der Waals surface area contributed by atoms with Gasteiger partial charge in [0.1, 0.15) is 5.75 Å². The molecule has 2 saturated carbocycles. The first kappa shape index (κ1) is 14.6. The third kappa shape index (κ3) is 3.28. The van der Waals surface area contributed by atoms with Crippen molar-refractivity contribution >= 4 is 11.4 Å². The molecule has 2 aliphatic rings. The zero-order valence-corrected chi connectivity index (χ0v) is 13.4. The maximum Gasteiger partial charge on any atom is 0.123 e. The lowest BCUT2D eigenvalue weighted by Gasteiger charge is -2.29. The summed E-state index contributed by atoms with van der Waals surface area (Å²) in [4.78, 5) is 0. The summed E-state index contributed by atoms with van der Waals surface area (Å²) in [6.07, 6.45) is 5.91. The highest BCUT2D eigenvalue weighted by molar-refractivity contribution is 5.59. The van der Waals surface area contributed by atoms with Crippen LogP contribution in [0.3, 0.4) is 0 Å². The second-order valence-electron chi connectivity index (χ2n) is 7.23. The molecular weight excluding hydrogens is 260 g/mol. The van der Waals surface area contributed by atoms with Gasteiger partial charge in [0.05, 0.1) is 6.10 Å². The monoisotopic (exact) mass is 288 g/mol. The molecule has 3 heteroatoms. The molecule has 0 saturated heterocycles. The summed E-state index contributed by atoms with van der Waals surface area (Å²) in [6, 6.07) is 6.48. The highest BCUT2D eigenvalue weighted by Crippen LogP contribution is 2.49. The number of nitrogens with two attached hydrogens (primary N) is 1. The molecule has 0 aliphatic heterocycles. The Bertz CT molecular complexity index is 500. The summed E-state index contributed by atoms with van der Waals surface area (Å²) in [7, 11) is 0. The molecule has 4 unspecified atom stereocenters. The molecule has 2 bridgehead atoms. The molecule has 3 N–H and O–H groups in total. The van der Waals surface area contributed by atoms with E-state index in [1.54, 1.807) is 0 Å². The van der Waals surface area contributed by atoms with Crippen LogP contribution in [0.2, 0.25) is 0 Å². The van der Waals surface area contributed by atoms with Crippen molar-refractivity contribution in [2.45, 2.75) is 58.6 Å². The quantitative estimate of drug-likeness (QED) is 0.794. The van der Waals surface area contributed by atoms with Gasteiger partial charge in [-0.15, -0.1) is 0 Å². The van der Waals surface area contributed by atoms with Gasteiger partial charge < -0.3 is 15.8 Å². The number of hydrogen-bond donors (Lipinski definition) is 2. The van der Waals surface area contributed by atoms with E-state index >= 15 is 0 Å². The molecule has 3 nitrogen and oxygen atoms in total. The zero-order valence-electron chi connectivity index (χ0n) is 13.4. The van der Waals surface area contributed by atoms with Crippen LogP contribution in [0.1, 0.15) is 46.5 Å². The van der Waals surface area contributed by atoms with Crippen LogP contribution in [-0.4, -0.2) is 12.1 Å². The van der Waals surface area contributed by atoms with E-state index in [9.17, 15) is 0 Å². The number of ether oxygens (including phenoxy) is 1. The number of benzene rings is 1. The SMILES string of the molecule is CC(C)Oc1cc(N)cc(NC(C)C2CC3CCC2C3)c1. The number of nitrogen functional groups attached to an aromatic ring is 1. The summed E-state index contributed by atoms with van der Waals surface area (Å²) in [5.41, 5.74) is 7.85. The molecular formula is C18H28N2O. The van der Waals surface area contributed by atoms with E-state index in [4.69, 9.17) is 10.5 Å². The molecule has 0 amide bonds. The first-order chi connectivity index (χ1) is 10.0. The Kier molecular flexibility index (Phi) is 4.01. The van der Waals surface area contributed by atoms with Gasteiger partial charge in [0.2, 0.25) is 0 Å². The second kappa shape index (κ2) is 5.78. The van der Waals surface area contributed by atoms with Crippen LogP contribution in [0.5, 0.6) is 5.75 Å². The van der Waals surface area contributed by atoms with Gasteiger partial charge in [-0.2, -0.15) is 0 Å². The van der Waals surface area contributed by atoms with Crippen molar-refractivity contribution in [1.82, 2.24) is 0 Å². The minimum atomic E-state index is 0.169. The van der Waals surface area contributed by atoms with Gasteiger partial charge in [-0.05, 0) is 63.9 Å². The van der Waals surface area contributed by atoms with E-state index in [1.807, 2.05) is 26.0 Å². The summed E-state index contributed by atoms with van der Waals surface area (Å²) in [5.74, 6) is 3.60. The fraction of sp³-hybridized carbons (Fsp3) is 0.667. The number of rotatable bonds is 5. The molecule has 21 heavy (non-hydrogen) atoms. The molecule has 1 aromatic carbocycles. The van der Waals surface area contributed by atoms with E-state index < -0.39 is 0 Å². The topological polar surface area (TPSA) is 47.3 Å². The Balaban J connectivity index is 1.67. The van der Waals surface area contributed by atoms with Crippen LogP contribution in [0, 0.1) is 17.8 Å². The van der Waals surface area contributed by atoms with Crippen LogP contribution in [-0.2, 0) is 0 Å². The predicted molar refractivity (Wildman–Crippen MR) is 88.6 cm³/mol. The number of anilines is 2. The first-order valence-corrected chi connectivity index (χ1v) is 8.35. The molecule has 2 fully saturated rings. The number of hydrogen-bond acceptors (Lipinski definition) is 3. The van der Waals surface area contributed by atoms with Gasteiger partial charge in [-0.3, -0.25) is 0 Å². The third-order valence-electron chi connectivity index (χ3n) is 5.13. The van der Waals surface area contributed by atoms with E-state index in [2.05, 4.69) is 18.3 Å². The molecule has 0 aromatic heterocycles. The lowest BCUT2D eigenvalue weighted by Crippen LogP contribution is -2.29. The maximum atomic E-state index is 6.00. The van der Waals surface area contributed by atoms with Gasteiger partial charge in [-0.25, -0.2) is 0 Å².